The van der Waals surface area contributed by atoms with Crippen LogP contribution in [-0.2, 0) is 19.1 Å². The third kappa shape index (κ3) is 33.4. The average Bonchev–Trinajstić information content (AvgIpc) is 3.08. The van der Waals surface area contributed by atoms with E-state index in [4.69, 9.17) is 9.47 Å². The molecule has 0 aliphatic rings. The van der Waals surface area contributed by atoms with Crippen molar-refractivity contribution in [3.8, 4) is 0 Å². The zero-order valence-corrected chi connectivity index (χ0v) is 33.2. The summed E-state index contributed by atoms with van der Waals surface area (Å²) in [5, 5.41) is 0. The van der Waals surface area contributed by atoms with Gasteiger partial charge in [0.2, 0.25) is 6.29 Å². The van der Waals surface area contributed by atoms with E-state index in [1.54, 1.807) is 0 Å². The van der Waals surface area contributed by atoms with Crippen LogP contribution in [0.4, 0.5) is 0 Å². The van der Waals surface area contributed by atoms with Crippen molar-refractivity contribution in [2.45, 2.75) is 265 Å². The summed E-state index contributed by atoms with van der Waals surface area (Å²) in [7, 11) is 0. The van der Waals surface area contributed by atoms with Gasteiger partial charge in [-0.2, -0.15) is 0 Å². The summed E-state index contributed by atoms with van der Waals surface area (Å²) in [6, 6.07) is 0. The van der Waals surface area contributed by atoms with Crippen molar-refractivity contribution in [1.82, 2.24) is 0 Å². The second-order valence-corrected chi connectivity index (χ2v) is 15.1. The Morgan fingerprint density at radius 1 is 0.354 bits per heavy atom. The van der Waals surface area contributed by atoms with Crippen LogP contribution in [-0.4, -0.2) is 18.2 Å². The topological polar surface area (TPSA) is 52.6 Å². The van der Waals surface area contributed by atoms with Crippen molar-refractivity contribution in [3.63, 3.8) is 0 Å². The fourth-order valence-corrected chi connectivity index (χ4v) is 6.87. The van der Waals surface area contributed by atoms with Gasteiger partial charge in [0.25, 0.3) is 0 Å². The highest BCUT2D eigenvalue weighted by Crippen LogP contribution is 2.23. The summed E-state index contributed by atoms with van der Waals surface area (Å²) >= 11 is 0. The largest absolute Gasteiger partial charge is 0.425 e. The molecule has 4 heteroatoms. The van der Waals surface area contributed by atoms with Gasteiger partial charge in [0.15, 0.2) is 0 Å². The maximum Gasteiger partial charge on any atom is 0.308 e. The zero-order chi connectivity index (χ0) is 35.2. The predicted octanol–water partition coefficient (Wildman–Crippen LogP) is 15.1. The maximum absolute atomic E-state index is 12.8. The highest BCUT2D eigenvalue weighted by Gasteiger charge is 2.27. The lowest BCUT2D eigenvalue weighted by atomic mass is 9.98. The van der Waals surface area contributed by atoms with E-state index in [1.165, 1.54) is 167 Å². The van der Waals surface area contributed by atoms with Crippen molar-refractivity contribution in [1.29, 1.82) is 0 Å². The molecule has 0 fully saturated rings. The Balaban J connectivity index is 4.02. The predicted molar refractivity (Wildman–Crippen MR) is 208 cm³/mol. The molecule has 0 amide bonds. The zero-order valence-electron chi connectivity index (χ0n) is 33.2. The Hall–Kier alpha value is -1.06. The number of ether oxygens (including phenoxy) is 2. The smallest absolute Gasteiger partial charge is 0.308 e. The summed E-state index contributed by atoms with van der Waals surface area (Å²) < 4.78 is 11.7. The van der Waals surface area contributed by atoms with E-state index in [0.717, 1.165) is 51.4 Å². The molecule has 1 atom stereocenters. The van der Waals surface area contributed by atoms with Crippen LogP contribution < -0.4 is 0 Å². The van der Waals surface area contributed by atoms with Gasteiger partial charge in [-0.15, -0.1) is 0 Å². The Kier molecular flexibility index (Phi) is 37.9. The quantitative estimate of drug-likeness (QED) is 0.0369. The fourth-order valence-electron chi connectivity index (χ4n) is 6.87. The first-order valence-corrected chi connectivity index (χ1v) is 22.0. The molecule has 0 aromatic rings. The van der Waals surface area contributed by atoms with E-state index in [9.17, 15) is 9.59 Å². The van der Waals surface area contributed by atoms with E-state index in [0.29, 0.717) is 12.8 Å². The van der Waals surface area contributed by atoms with Crippen LogP contribution >= 0.6 is 0 Å². The lowest BCUT2D eigenvalue weighted by Gasteiger charge is -2.26. The second-order valence-electron chi connectivity index (χ2n) is 15.1. The van der Waals surface area contributed by atoms with Crippen LogP contribution in [0.15, 0.2) is 0 Å². The highest BCUT2D eigenvalue weighted by atomic mass is 16.7. The number of rotatable bonds is 39. The molecule has 0 aromatic carbocycles. The average molecular weight is 679 g/mol. The fraction of sp³-hybridized carbons (Fsp3) is 0.955. The van der Waals surface area contributed by atoms with Gasteiger partial charge in [0, 0.05) is 18.8 Å². The number of carbonyl (C=O) groups is 2. The first-order chi connectivity index (χ1) is 23.6. The van der Waals surface area contributed by atoms with Crippen molar-refractivity contribution in [2.75, 3.05) is 0 Å². The number of carbonyl (C=O) groups excluding carboxylic acids is 2. The van der Waals surface area contributed by atoms with Crippen molar-refractivity contribution >= 4 is 11.9 Å². The molecule has 0 spiro atoms. The lowest BCUT2D eigenvalue weighted by Crippen LogP contribution is -2.32. The molecule has 0 rings (SSSR count). The van der Waals surface area contributed by atoms with Gasteiger partial charge in [-0.05, 0) is 25.7 Å². The third-order valence-electron chi connectivity index (χ3n) is 10.3. The normalized spacial score (nSPS) is 12.1. The number of esters is 2. The SMILES string of the molecule is CCCCCCCCCCCCCCCCCC(=O)OC(OC(=O)CCCCCCCCCCCCCCCCC)C(CC)CCCC. The number of hydrogen-bond donors (Lipinski definition) is 0. The molecule has 0 heterocycles. The minimum absolute atomic E-state index is 0.0833. The van der Waals surface area contributed by atoms with Gasteiger partial charge in [0.1, 0.15) is 0 Å². The van der Waals surface area contributed by atoms with Gasteiger partial charge in [0.05, 0.1) is 0 Å². The maximum atomic E-state index is 12.8. The molecule has 4 nitrogen and oxygen atoms in total. The standard InChI is InChI=1S/C44H86O4/c1-5-9-12-14-16-18-20-22-24-26-28-30-32-34-36-39-42(45)47-44(41(8-4)38-11-7-3)48-43(46)40-37-35-33-31-29-27-25-23-21-19-17-15-13-10-6-2/h41,44H,5-40H2,1-4H3. The molecule has 0 saturated heterocycles. The summed E-state index contributed by atoms with van der Waals surface area (Å²) in [4.78, 5) is 25.5. The van der Waals surface area contributed by atoms with Crippen LogP contribution in [0.25, 0.3) is 0 Å². The molecule has 48 heavy (non-hydrogen) atoms. The van der Waals surface area contributed by atoms with Crippen LogP contribution in [0.1, 0.15) is 259 Å². The Morgan fingerprint density at radius 2 is 0.604 bits per heavy atom. The monoisotopic (exact) mass is 679 g/mol. The van der Waals surface area contributed by atoms with Gasteiger partial charge in [-0.3, -0.25) is 9.59 Å². The molecule has 0 aliphatic carbocycles. The highest BCUT2D eigenvalue weighted by molar-refractivity contribution is 5.71. The van der Waals surface area contributed by atoms with Gasteiger partial charge < -0.3 is 9.47 Å². The summed E-state index contributed by atoms with van der Waals surface area (Å²) in [6.45, 7) is 8.84. The van der Waals surface area contributed by atoms with E-state index in [1.807, 2.05) is 0 Å². The second kappa shape index (κ2) is 38.7. The first kappa shape index (κ1) is 46.9. The molecule has 0 aliphatic heterocycles. The van der Waals surface area contributed by atoms with Crippen molar-refractivity contribution in [3.05, 3.63) is 0 Å². The molecule has 0 saturated carbocycles. The molecule has 0 bridgehead atoms. The number of hydrogen-bond acceptors (Lipinski definition) is 4. The Bertz CT molecular complexity index is 614. The van der Waals surface area contributed by atoms with Crippen LogP contribution in [0, 0.1) is 5.92 Å². The van der Waals surface area contributed by atoms with Gasteiger partial charge in [-0.1, -0.05) is 220 Å². The third-order valence-corrected chi connectivity index (χ3v) is 10.3. The first-order valence-electron chi connectivity index (χ1n) is 22.0. The summed E-state index contributed by atoms with van der Waals surface area (Å²) in [5.41, 5.74) is 0. The van der Waals surface area contributed by atoms with Crippen LogP contribution in [0.2, 0.25) is 0 Å². The summed E-state index contributed by atoms with van der Waals surface area (Å²) in [6.07, 6.45) is 43.3. The van der Waals surface area contributed by atoms with E-state index in [-0.39, 0.29) is 17.9 Å². The Labute approximate surface area is 301 Å². The van der Waals surface area contributed by atoms with E-state index < -0.39 is 6.29 Å². The van der Waals surface area contributed by atoms with Crippen LogP contribution in [0.3, 0.4) is 0 Å². The number of unbranched alkanes of at least 4 members (excludes halogenated alkanes) is 29. The van der Waals surface area contributed by atoms with Crippen molar-refractivity contribution in [2.24, 2.45) is 5.92 Å². The minimum atomic E-state index is -0.728. The van der Waals surface area contributed by atoms with Crippen LogP contribution in [0.5, 0.6) is 0 Å². The van der Waals surface area contributed by atoms with E-state index >= 15 is 0 Å². The van der Waals surface area contributed by atoms with Gasteiger partial charge >= 0.3 is 11.9 Å². The molecule has 286 valence electrons. The van der Waals surface area contributed by atoms with Crippen molar-refractivity contribution < 1.29 is 19.1 Å². The Morgan fingerprint density at radius 3 is 0.854 bits per heavy atom. The molecule has 0 radical (unpaired) electrons. The lowest BCUT2D eigenvalue weighted by molar-refractivity contribution is -0.199. The van der Waals surface area contributed by atoms with Gasteiger partial charge in [-0.25, -0.2) is 0 Å². The molecular formula is C44H86O4. The molecule has 1 unspecified atom stereocenters. The molecule has 0 N–H and O–H groups in total. The molecule has 0 aromatic heterocycles. The molecular weight excluding hydrogens is 592 g/mol. The van der Waals surface area contributed by atoms with E-state index in [2.05, 4.69) is 27.7 Å². The minimum Gasteiger partial charge on any atom is -0.425 e. The summed E-state index contributed by atoms with van der Waals surface area (Å²) in [5.74, 6) is -0.325.